The number of amides is 2. The summed E-state index contributed by atoms with van der Waals surface area (Å²) in [5, 5.41) is 5.11. The minimum absolute atomic E-state index is 0.00398. The van der Waals surface area contributed by atoms with Gasteiger partial charge in [-0.15, -0.1) is 0 Å². The molecular formula is C20H19ClN2O4. The number of halogens is 1. The number of Topliss-reactive ketones (excluding diaryl/α,β-unsaturated/α-hetero) is 1. The first-order chi connectivity index (χ1) is 12.8. The Morgan fingerprint density at radius 1 is 0.852 bits per heavy atom. The molecule has 0 aromatic heterocycles. The van der Waals surface area contributed by atoms with Gasteiger partial charge in [-0.2, -0.15) is 0 Å². The lowest BCUT2D eigenvalue weighted by Crippen LogP contribution is -2.03. The molecule has 2 aliphatic rings. The zero-order chi connectivity index (χ0) is 20.0. The van der Waals surface area contributed by atoms with Crippen LogP contribution in [-0.4, -0.2) is 22.8 Å². The lowest BCUT2D eigenvalue weighted by atomic mass is 10.1. The van der Waals surface area contributed by atoms with Crippen LogP contribution in [0, 0.1) is 0 Å². The van der Waals surface area contributed by atoms with Gasteiger partial charge in [-0.1, -0.05) is 18.2 Å². The molecule has 6 nitrogen and oxygen atoms in total. The molecule has 7 heteroatoms. The van der Waals surface area contributed by atoms with Crippen LogP contribution in [0.1, 0.15) is 35.3 Å². The van der Waals surface area contributed by atoms with Crippen molar-refractivity contribution in [2.75, 3.05) is 10.6 Å². The van der Waals surface area contributed by atoms with Crippen LogP contribution in [0.15, 0.2) is 42.5 Å². The van der Waals surface area contributed by atoms with E-state index in [2.05, 4.69) is 22.2 Å². The summed E-state index contributed by atoms with van der Waals surface area (Å²) in [5.74, 6) is 0.124. The predicted molar refractivity (Wildman–Crippen MR) is 104 cm³/mol. The fourth-order valence-corrected chi connectivity index (χ4v) is 2.61. The lowest BCUT2D eigenvalue weighted by molar-refractivity contribution is -0.115. The fraction of sp³-hybridized carbons (Fsp3) is 0.200. The quantitative estimate of drug-likeness (QED) is 0.580. The average Bonchev–Trinajstić information content (AvgIpc) is 3.14. The normalized spacial score (nSPS) is 13.0. The SMILES string of the molecule is CC(=O)Cl.CC(=O)c1ccc2c(c1)CC(=O)N2.O=C1Cc2ccccc2N1. The third-order valence-electron chi connectivity index (χ3n) is 3.78. The number of hydrogen-bond acceptors (Lipinski definition) is 4. The summed E-state index contributed by atoms with van der Waals surface area (Å²) in [6, 6.07) is 13.0. The number of hydrogen-bond donors (Lipinski definition) is 2. The summed E-state index contributed by atoms with van der Waals surface area (Å²) < 4.78 is 0. The molecule has 0 saturated carbocycles. The zero-order valence-electron chi connectivity index (χ0n) is 15.0. The lowest BCUT2D eigenvalue weighted by Gasteiger charge is -1.99. The van der Waals surface area contributed by atoms with Crippen molar-refractivity contribution in [1.29, 1.82) is 0 Å². The first kappa shape index (κ1) is 20.3. The van der Waals surface area contributed by atoms with E-state index in [9.17, 15) is 19.2 Å². The third-order valence-corrected chi connectivity index (χ3v) is 3.78. The Balaban J connectivity index is 0.000000166. The smallest absolute Gasteiger partial charge is 0.228 e. The van der Waals surface area contributed by atoms with Crippen molar-refractivity contribution in [2.24, 2.45) is 0 Å². The van der Waals surface area contributed by atoms with E-state index >= 15 is 0 Å². The second kappa shape index (κ2) is 9.09. The van der Waals surface area contributed by atoms with E-state index in [0.29, 0.717) is 18.4 Å². The molecule has 0 spiro atoms. The maximum absolute atomic E-state index is 11.0. The molecule has 2 aliphatic heterocycles. The molecule has 2 aromatic carbocycles. The number of carbonyl (C=O) groups is 4. The molecule has 27 heavy (non-hydrogen) atoms. The van der Waals surface area contributed by atoms with Gasteiger partial charge in [0.15, 0.2) is 5.78 Å². The summed E-state index contributed by atoms with van der Waals surface area (Å²) in [6.07, 6.45) is 0.923. The molecule has 0 bridgehead atoms. The van der Waals surface area contributed by atoms with Crippen LogP contribution in [0.25, 0.3) is 0 Å². The van der Waals surface area contributed by atoms with Gasteiger partial charge >= 0.3 is 0 Å². The summed E-state index contributed by atoms with van der Waals surface area (Å²) in [4.78, 5) is 42.0. The van der Waals surface area contributed by atoms with Crippen molar-refractivity contribution >= 4 is 45.8 Å². The van der Waals surface area contributed by atoms with Crippen molar-refractivity contribution in [3.63, 3.8) is 0 Å². The van der Waals surface area contributed by atoms with Crippen LogP contribution >= 0.6 is 11.6 Å². The number of para-hydroxylation sites is 1. The molecule has 0 radical (unpaired) electrons. The van der Waals surface area contributed by atoms with Crippen LogP contribution < -0.4 is 10.6 Å². The molecule has 0 saturated heterocycles. The standard InChI is InChI=1S/C10H9NO2.C8H7NO.C2H3ClO/c1-6(12)7-2-3-9-8(4-7)5-10(13)11-9;10-8-5-6-3-1-2-4-7(6)9-8;1-2(3)4/h2-4H,5H2,1H3,(H,11,13);1-4H,5H2,(H,9,10);1H3. The van der Waals surface area contributed by atoms with Crippen molar-refractivity contribution in [1.82, 2.24) is 0 Å². The highest BCUT2D eigenvalue weighted by molar-refractivity contribution is 6.62. The number of fused-ring (bicyclic) bond motifs is 2. The Morgan fingerprint density at radius 2 is 1.37 bits per heavy atom. The van der Waals surface area contributed by atoms with Gasteiger partial charge in [0, 0.05) is 23.9 Å². The molecule has 4 rings (SSSR count). The van der Waals surface area contributed by atoms with E-state index in [4.69, 9.17) is 0 Å². The first-order valence-electron chi connectivity index (χ1n) is 8.24. The van der Waals surface area contributed by atoms with Crippen LogP contribution in [-0.2, 0) is 27.2 Å². The van der Waals surface area contributed by atoms with Gasteiger partial charge in [0.1, 0.15) is 0 Å². The van der Waals surface area contributed by atoms with E-state index < -0.39 is 0 Å². The fourth-order valence-electron chi connectivity index (χ4n) is 2.61. The zero-order valence-corrected chi connectivity index (χ0v) is 15.7. The molecule has 2 aromatic rings. The molecule has 2 amide bonds. The van der Waals surface area contributed by atoms with Crippen LogP contribution in [0.4, 0.5) is 11.4 Å². The van der Waals surface area contributed by atoms with Gasteiger partial charge in [0.2, 0.25) is 17.1 Å². The Morgan fingerprint density at radius 3 is 1.93 bits per heavy atom. The molecule has 140 valence electrons. The highest BCUT2D eigenvalue weighted by Gasteiger charge is 2.18. The summed E-state index contributed by atoms with van der Waals surface area (Å²) in [7, 11) is 0. The number of rotatable bonds is 1. The van der Waals surface area contributed by atoms with E-state index in [-0.39, 0.29) is 22.8 Å². The molecular weight excluding hydrogens is 368 g/mol. The second-order valence-electron chi connectivity index (χ2n) is 6.01. The van der Waals surface area contributed by atoms with Crippen LogP contribution in [0.5, 0.6) is 0 Å². The number of carbonyl (C=O) groups excluding carboxylic acids is 4. The minimum atomic E-state index is -0.361. The summed E-state index contributed by atoms with van der Waals surface area (Å²) >= 11 is 4.64. The molecule has 0 fully saturated rings. The van der Waals surface area contributed by atoms with Crippen molar-refractivity contribution < 1.29 is 19.2 Å². The van der Waals surface area contributed by atoms with Crippen molar-refractivity contribution in [3.8, 4) is 0 Å². The molecule has 0 aliphatic carbocycles. The molecule has 2 N–H and O–H groups in total. The van der Waals surface area contributed by atoms with E-state index in [1.54, 1.807) is 18.2 Å². The largest absolute Gasteiger partial charge is 0.326 e. The number of ketones is 1. The van der Waals surface area contributed by atoms with Gasteiger partial charge in [-0.05, 0) is 53.9 Å². The van der Waals surface area contributed by atoms with Crippen LogP contribution in [0.3, 0.4) is 0 Å². The van der Waals surface area contributed by atoms with Gasteiger partial charge < -0.3 is 10.6 Å². The number of nitrogens with one attached hydrogen (secondary N) is 2. The van der Waals surface area contributed by atoms with Crippen molar-refractivity contribution in [2.45, 2.75) is 26.7 Å². The monoisotopic (exact) mass is 386 g/mol. The predicted octanol–water partition coefficient (Wildman–Crippen LogP) is 3.34. The number of anilines is 2. The Kier molecular flexibility index (Phi) is 6.85. The Hall–Kier alpha value is -2.99. The number of benzene rings is 2. The maximum atomic E-state index is 11.0. The molecule has 2 heterocycles. The van der Waals surface area contributed by atoms with Gasteiger partial charge in [0.25, 0.3) is 0 Å². The van der Waals surface area contributed by atoms with Crippen LogP contribution in [0.2, 0.25) is 0 Å². The van der Waals surface area contributed by atoms with E-state index in [0.717, 1.165) is 22.5 Å². The maximum Gasteiger partial charge on any atom is 0.228 e. The Bertz CT molecular complexity index is 878. The van der Waals surface area contributed by atoms with Gasteiger partial charge in [0.05, 0.1) is 12.8 Å². The summed E-state index contributed by atoms with van der Waals surface area (Å²) in [5.41, 5.74) is 4.47. The summed E-state index contributed by atoms with van der Waals surface area (Å²) in [6.45, 7) is 2.81. The molecule has 0 unspecified atom stereocenters. The second-order valence-corrected chi connectivity index (χ2v) is 6.54. The Labute approximate surface area is 161 Å². The molecule has 0 atom stereocenters. The highest BCUT2D eigenvalue weighted by atomic mass is 35.5. The topological polar surface area (TPSA) is 92.3 Å². The van der Waals surface area contributed by atoms with E-state index in [1.165, 1.54) is 13.8 Å². The average molecular weight is 387 g/mol. The van der Waals surface area contributed by atoms with Crippen molar-refractivity contribution in [3.05, 3.63) is 59.2 Å². The minimum Gasteiger partial charge on any atom is -0.326 e. The first-order valence-corrected chi connectivity index (χ1v) is 8.61. The highest BCUT2D eigenvalue weighted by Crippen LogP contribution is 2.24. The van der Waals surface area contributed by atoms with Gasteiger partial charge in [-0.3, -0.25) is 19.2 Å². The third kappa shape index (κ3) is 6.04. The van der Waals surface area contributed by atoms with Gasteiger partial charge in [-0.25, -0.2) is 0 Å². The van der Waals surface area contributed by atoms with E-state index in [1.807, 2.05) is 24.3 Å².